The molecule has 0 radical (unpaired) electrons. The number of hydrogen-bond donors (Lipinski definition) is 1. The van der Waals surface area contributed by atoms with E-state index in [0.717, 1.165) is 6.42 Å². The van der Waals surface area contributed by atoms with Crippen LogP contribution in [0.15, 0.2) is 10.7 Å². The molecule has 0 aliphatic heterocycles. The van der Waals surface area contributed by atoms with Gasteiger partial charge in [-0.1, -0.05) is 6.92 Å². The lowest BCUT2D eigenvalue weighted by Gasteiger charge is -2.08. The van der Waals surface area contributed by atoms with Crippen molar-refractivity contribution in [3.63, 3.8) is 0 Å². The summed E-state index contributed by atoms with van der Waals surface area (Å²) in [5.41, 5.74) is 0.650. The van der Waals surface area contributed by atoms with E-state index in [1.165, 1.54) is 6.20 Å². The highest BCUT2D eigenvalue weighted by Gasteiger charge is 2.33. The van der Waals surface area contributed by atoms with Crippen molar-refractivity contribution in [1.29, 1.82) is 0 Å². The van der Waals surface area contributed by atoms with Crippen LogP contribution in [0.25, 0.3) is 0 Å². The van der Waals surface area contributed by atoms with E-state index in [0.29, 0.717) is 27.8 Å². The topological polar surface area (TPSA) is 68.1 Å². The lowest BCUT2D eigenvalue weighted by molar-refractivity contribution is -0.385. The van der Waals surface area contributed by atoms with Crippen LogP contribution in [-0.2, 0) is 0 Å². The average molecular weight is 286 g/mol. The summed E-state index contributed by atoms with van der Waals surface area (Å²) in [5, 5.41) is 14.0. The molecule has 1 saturated carbocycles. The van der Waals surface area contributed by atoms with Crippen molar-refractivity contribution in [2.24, 2.45) is 5.92 Å². The fourth-order valence-corrected chi connectivity index (χ4v) is 1.97. The van der Waals surface area contributed by atoms with Gasteiger partial charge in [0, 0.05) is 11.6 Å². The van der Waals surface area contributed by atoms with Gasteiger partial charge in [0.2, 0.25) is 0 Å². The van der Waals surface area contributed by atoms with Gasteiger partial charge in [-0.15, -0.1) is 0 Å². The van der Waals surface area contributed by atoms with Crippen molar-refractivity contribution < 1.29 is 4.92 Å². The minimum atomic E-state index is -0.420. The van der Waals surface area contributed by atoms with E-state index in [2.05, 4.69) is 33.2 Å². The maximum Gasteiger partial charge on any atom is 0.291 e. The lowest BCUT2D eigenvalue weighted by atomic mass is 10.2. The van der Waals surface area contributed by atoms with Gasteiger partial charge in [0.05, 0.1) is 9.40 Å². The molecule has 1 aromatic rings. The van der Waals surface area contributed by atoms with Gasteiger partial charge in [-0.2, -0.15) is 0 Å². The molecule has 5 nitrogen and oxygen atoms in total. The molecule has 2 unspecified atom stereocenters. The molecular formula is C10H12BrN3O2. The van der Waals surface area contributed by atoms with Crippen molar-refractivity contribution in [3.8, 4) is 0 Å². The highest BCUT2D eigenvalue weighted by atomic mass is 79.9. The molecule has 0 aromatic carbocycles. The maximum absolute atomic E-state index is 10.7. The molecule has 1 aromatic heterocycles. The first kappa shape index (κ1) is 11.3. The Bertz CT molecular complexity index is 450. The van der Waals surface area contributed by atoms with Gasteiger partial charge in [0.25, 0.3) is 5.69 Å². The normalized spacial score (nSPS) is 22.9. The quantitative estimate of drug-likeness (QED) is 0.685. The van der Waals surface area contributed by atoms with Crippen LogP contribution in [0.5, 0.6) is 0 Å². The molecule has 1 fully saturated rings. The Morgan fingerprint density at radius 1 is 1.69 bits per heavy atom. The molecule has 1 heterocycles. The van der Waals surface area contributed by atoms with Gasteiger partial charge in [-0.25, -0.2) is 4.98 Å². The molecule has 0 saturated heterocycles. The Morgan fingerprint density at radius 3 is 2.81 bits per heavy atom. The molecule has 0 bridgehead atoms. The summed E-state index contributed by atoms with van der Waals surface area (Å²) in [6, 6.07) is 0.449. The fraction of sp³-hybridized carbons (Fsp3) is 0.500. The molecule has 1 aliphatic rings. The summed E-state index contributed by atoms with van der Waals surface area (Å²) in [4.78, 5) is 14.4. The van der Waals surface area contributed by atoms with Crippen LogP contribution in [0.3, 0.4) is 0 Å². The highest BCUT2D eigenvalue weighted by molar-refractivity contribution is 9.10. The second-order valence-electron chi connectivity index (χ2n) is 4.15. The van der Waals surface area contributed by atoms with Gasteiger partial charge in [-0.3, -0.25) is 10.1 Å². The van der Waals surface area contributed by atoms with E-state index in [1.807, 2.05) is 0 Å². The summed E-state index contributed by atoms with van der Waals surface area (Å²) in [6.45, 7) is 3.87. The number of rotatable bonds is 3. The first-order valence-electron chi connectivity index (χ1n) is 5.06. The zero-order valence-corrected chi connectivity index (χ0v) is 10.6. The van der Waals surface area contributed by atoms with E-state index in [4.69, 9.17) is 0 Å². The highest BCUT2D eigenvalue weighted by Crippen LogP contribution is 2.36. The number of halogens is 1. The summed E-state index contributed by atoms with van der Waals surface area (Å²) >= 11 is 3.35. The summed E-state index contributed by atoms with van der Waals surface area (Å²) in [7, 11) is 0. The van der Waals surface area contributed by atoms with Gasteiger partial charge < -0.3 is 5.32 Å². The molecule has 16 heavy (non-hydrogen) atoms. The predicted molar refractivity (Wildman–Crippen MR) is 64.5 cm³/mol. The first-order chi connectivity index (χ1) is 7.50. The van der Waals surface area contributed by atoms with Crippen LogP contribution in [0, 0.1) is 23.0 Å². The molecule has 1 aliphatic carbocycles. The van der Waals surface area contributed by atoms with E-state index in [-0.39, 0.29) is 5.69 Å². The average Bonchev–Trinajstić information content (AvgIpc) is 2.89. The summed E-state index contributed by atoms with van der Waals surface area (Å²) in [6.07, 6.45) is 2.43. The Balaban J connectivity index is 2.27. The van der Waals surface area contributed by atoms with Crippen molar-refractivity contribution in [1.82, 2.24) is 4.98 Å². The summed E-state index contributed by atoms with van der Waals surface area (Å²) < 4.78 is 0.681. The zero-order valence-electron chi connectivity index (χ0n) is 9.03. The van der Waals surface area contributed by atoms with Crippen LogP contribution in [0.2, 0.25) is 0 Å². The van der Waals surface area contributed by atoms with Crippen molar-refractivity contribution >= 4 is 27.4 Å². The van der Waals surface area contributed by atoms with Gasteiger partial charge >= 0.3 is 0 Å². The Kier molecular flexibility index (Phi) is 2.84. The van der Waals surface area contributed by atoms with Crippen molar-refractivity contribution in [3.05, 3.63) is 26.3 Å². The molecular weight excluding hydrogens is 274 g/mol. The second-order valence-corrected chi connectivity index (χ2v) is 4.94. The number of nitrogens with zero attached hydrogens (tertiary/aromatic N) is 2. The van der Waals surface area contributed by atoms with E-state index in [1.54, 1.807) is 6.92 Å². The number of pyridine rings is 1. The minimum absolute atomic E-state index is 0.0428. The Hall–Kier alpha value is -1.17. The minimum Gasteiger partial charge on any atom is -0.366 e. The molecule has 86 valence electrons. The van der Waals surface area contributed by atoms with Gasteiger partial charge in [0.15, 0.2) is 0 Å². The number of nitrogens with one attached hydrogen (secondary N) is 1. The molecule has 0 spiro atoms. The fourth-order valence-electron chi connectivity index (χ4n) is 1.55. The number of hydrogen-bond acceptors (Lipinski definition) is 4. The lowest BCUT2D eigenvalue weighted by Crippen LogP contribution is -2.07. The Morgan fingerprint density at radius 2 is 2.31 bits per heavy atom. The maximum atomic E-state index is 10.7. The van der Waals surface area contributed by atoms with Crippen LogP contribution in [0.1, 0.15) is 18.9 Å². The monoisotopic (exact) mass is 285 g/mol. The standard InChI is InChI=1S/C10H12BrN3O2/c1-5-3-7(5)13-10-9(11)6(2)8(4-12-10)14(15)16/h4-5,7H,3H2,1-2H3,(H,12,13). The first-order valence-corrected chi connectivity index (χ1v) is 5.86. The summed E-state index contributed by atoms with van der Waals surface area (Å²) in [5.74, 6) is 1.35. The van der Waals surface area contributed by atoms with Crippen LogP contribution in [0.4, 0.5) is 11.5 Å². The number of aromatic nitrogens is 1. The second kappa shape index (κ2) is 4.01. The van der Waals surface area contributed by atoms with Crippen molar-refractivity contribution in [2.45, 2.75) is 26.3 Å². The van der Waals surface area contributed by atoms with Gasteiger partial charge in [-0.05, 0) is 35.2 Å². The SMILES string of the molecule is Cc1c([N+](=O)[O-])cnc(NC2CC2C)c1Br. The zero-order chi connectivity index (χ0) is 11.9. The molecule has 1 N–H and O–H groups in total. The van der Waals surface area contributed by atoms with Crippen LogP contribution >= 0.6 is 15.9 Å². The predicted octanol–water partition coefficient (Wildman–Crippen LogP) is 2.88. The third-order valence-electron chi connectivity index (χ3n) is 2.87. The largest absolute Gasteiger partial charge is 0.366 e. The third-order valence-corrected chi connectivity index (χ3v) is 3.84. The van der Waals surface area contributed by atoms with E-state index >= 15 is 0 Å². The molecule has 0 amide bonds. The molecule has 6 heteroatoms. The van der Waals surface area contributed by atoms with Crippen molar-refractivity contribution in [2.75, 3.05) is 5.32 Å². The number of anilines is 1. The molecule has 2 atom stereocenters. The Labute approximate surface area is 102 Å². The van der Waals surface area contributed by atoms with E-state index in [9.17, 15) is 10.1 Å². The van der Waals surface area contributed by atoms with Crippen LogP contribution < -0.4 is 5.32 Å². The van der Waals surface area contributed by atoms with Gasteiger partial charge in [0.1, 0.15) is 12.0 Å². The molecule has 2 rings (SSSR count). The third kappa shape index (κ3) is 2.02. The van der Waals surface area contributed by atoms with Crippen LogP contribution in [-0.4, -0.2) is 15.9 Å². The smallest absolute Gasteiger partial charge is 0.291 e. The van der Waals surface area contributed by atoms with E-state index < -0.39 is 4.92 Å². The number of nitro groups is 1.